The van der Waals surface area contributed by atoms with E-state index in [0.717, 1.165) is 55.0 Å². The maximum absolute atomic E-state index is 6.09. The number of piperazine rings is 1. The predicted molar refractivity (Wildman–Crippen MR) is 125 cm³/mol. The van der Waals surface area contributed by atoms with Crippen molar-refractivity contribution in [1.29, 1.82) is 0 Å². The first kappa shape index (κ1) is 20.7. The van der Waals surface area contributed by atoms with E-state index in [9.17, 15) is 0 Å². The zero-order valence-corrected chi connectivity index (χ0v) is 17.8. The van der Waals surface area contributed by atoms with Gasteiger partial charge in [-0.05, 0) is 17.7 Å². The quantitative estimate of drug-likeness (QED) is 0.379. The Balaban J connectivity index is 1.26. The number of ether oxygens (including phenoxy) is 1. The molecule has 1 aromatic heterocycles. The van der Waals surface area contributed by atoms with E-state index in [1.807, 2.05) is 49.5 Å². The molecular weight excluding hydrogens is 388 g/mol. The largest absolute Gasteiger partial charge is 0.491 e. The molecule has 3 aromatic rings. The highest BCUT2D eigenvalue weighted by atomic mass is 16.5. The van der Waals surface area contributed by atoms with Gasteiger partial charge in [0.05, 0.1) is 6.54 Å². The Morgan fingerprint density at radius 2 is 1.65 bits per heavy atom. The Morgan fingerprint density at radius 3 is 2.39 bits per heavy atom. The number of hydrogen-bond acceptors (Lipinski definition) is 5. The molecule has 160 valence electrons. The van der Waals surface area contributed by atoms with Crippen LogP contribution in [0.5, 0.6) is 5.75 Å². The molecule has 0 aliphatic carbocycles. The van der Waals surface area contributed by atoms with Crippen LogP contribution in [0.3, 0.4) is 0 Å². The third-order valence-electron chi connectivity index (χ3n) is 5.24. The number of para-hydroxylation sites is 1. The van der Waals surface area contributed by atoms with Crippen molar-refractivity contribution in [3.05, 3.63) is 73.1 Å². The molecule has 0 bridgehead atoms. The van der Waals surface area contributed by atoms with Crippen molar-refractivity contribution in [3.63, 3.8) is 0 Å². The van der Waals surface area contributed by atoms with Gasteiger partial charge in [-0.2, -0.15) is 0 Å². The molecule has 7 nitrogen and oxygen atoms in total. The average molecular weight is 417 g/mol. The number of aliphatic imine (C=N–C) groups is 1. The van der Waals surface area contributed by atoms with Crippen LogP contribution in [0.25, 0.3) is 11.1 Å². The lowest BCUT2D eigenvalue weighted by Crippen LogP contribution is -2.53. The minimum Gasteiger partial charge on any atom is -0.491 e. The van der Waals surface area contributed by atoms with Crippen molar-refractivity contribution in [3.8, 4) is 16.9 Å². The van der Waals surface area contributed by atoms with E-state index in [-0.39, 0.29) is 0 Å². The zero-order chi connectivity index (χ0) is 21.3. The van der Waals surface area contributed by atoms with Crippen molar-refractivity contribution >= 4 is 11.9 Å². The van der Waals surface area contributed by atoms with Crippen molar-refractivity contribution in [2.24, 2.45) is 4.99 Å². The number of anilines is 1. The first-order valence-electron chi connectivity index (χ1n) is 10.6. The number of benzene rings is 2. The Bertz CT molecular complexity index is 972. The summed E-state index contributed by atoms with van der Waals surface area (Å²) in [4.78, 5) is 17.6. The molecule has 0 radical (unpaired) electrons. The summed E-state index contributed by atoms with van der Waals surface area (Å²) in [7, 11) is 1.82. The highest BCUT2D eigenvalue weighted by Crippen LogP contribution is 2.29. The van der Waals surface area contributed by atoms with E-state index in [4.69, 9.17) is 4.74 Å². The van der Waals surface area contributed by atoms with E-state index < -0.39 is 0 Å². The molecule has 0 atom stereocenters. The molecule has 7 heteroatoms. The molecular formula is C24H28N6O. The van der Waals surface area contributed by atoms with Crippen LogP contribution in [0.1, 0.15) is 0 Å². The lowest BCUT2D eigenvalue weighted by atomic mass is 10.1. The molecule has 1 saturated heterocycles. The SMILES string of the molecule is CN=C(NCCOc1ccccc1-c1ccccc1)N1CCN(c2ncccn2)CC1. The molecule has 2 heterocycles. The lowest BCUT2D eigenvalue weighted by Gasteiger charge is -2.36. The fourth-order valence-corrected chi connectivity index (χ4v) is 3.68. The van der Waals surface area contributed by atoms with Gasteiger partial charge in [0.25, 0.3) is 0 Å². The van der Waals surface area contributed by atoms with Crippen LogP contribution in [-0.4, -0.2) is 67.2 Å². The Kier molecular flexibility index (Phi) is 6.95. The number of nitrogens with zero attached hydrogens (tertiary/aromatic N) is 5. The summed E-state index contributed by atoms with van der Waals surface area (Å²) in [6.45, 7) is 4.71. The van der Waals surface area contributed by atoms with Crippen LogP contribution in [0.2, 0.25) is 0 Å². The lowest BCUT2D eigenvalue weighted by molar-refractivity contribution is 0.316. The van der Waals surface area contributed by atoms with Crippen molar-refractivity contribution in [1.82, 2.24) is 20.2 Å². The Labute approximate surface area is 183 Å². The summed E-state index contributed by atoms with van der Waals surface area (Å²) in [5.41, 5.74) is 2.26. The van der Waals surface area contributed by atoms with Crippen molar-refractivity contribution in [2.45, 2.75) is 0 Å². The van der Waals surface area contributed by atoms with Gasteiger partial charge in [0.2, 0.25) is 5.95 Å². The third-order valence-corrected chi connectivity index (χ3v) is 5.24. The second-order valence-electron chi connectivity index (χ2n) is 7.21. The number of hydrogen-bond donors (Lipinski definition) is 1. The van der Waals surface area contributed by atoms with Crippen LogP contribution in [0.4, 0.5) is 5.95 Å². The minimum absolute atomic E-state index is 0.556. The normalized spacial score (nSPS) is 14.4. The van der Waals surface area contributed by atoms with Crippen LogP contribution in [-0.2, 0) is 0 Å². The summed E-state index contributed by atoms with van der Waals surface area (Å²) >= 11 is 0. The van der Waals surface area contributed by atoms with E-state index in [1.165, 1.54) is 0 Å². The summed E-state index contributed by atoms with van der Waals surface area (Å²) < 4.78 is 6.09. The standard InChI is InChI=1S/C24H28N6O/c1-25-23(29-15-17-30(18-16-29)24-26-12-7-13-27-24)28-14-19-31-22-11-6-5-10-21(22)20-8-3-2-4-9-20/h2-13H,14-19H2,1H3,(H,25,28). The van der Waals surface area contributed by atoms with Crippen molar-refractivity contribution in [2.75, 3.05) is 51.3 Å². The van der Waals surface area contributed by atoms with Gasteiger partial charge in [0.1, 0.15) is 12.4 Å². The predicted octanol–water partition coefficient (Wildman–Crippen LogP) is 2.92. The fraction of sp³-hybridized carbons (Fsp3) is 0.292. The van der Waals surface area contributed by atoms with Gasteiger partial charge >= 0.3 is 0 Å². The number of guanidine groups is 1. The van der Waals surface area contributed by atoms with Gasteiger partial charge in [-0.25, -0.2) is 9.97 Å². The first-order chi connectivity index (χ1) is 15.3. The highest BCUT2D eigenvalue weighted by molar-refractivity contribution is 5.80. The summed E-state index contributed by atoms with van der Waals surface area (Å²) in [6.07, 6.45) is 3.57. The summed E-state index contributed by atoms with van der Waals surface area (Å²) in [5.74, 6) is 2.58. The maximum Gasteiger partial charge on any atom is 0.225 e. The van der Waals surface area contributed by atoms with E-state index in [1.54, 1.807) is 12.4 Å². The summed E-state index contributed by atoms with van der Waals surface area (Å²) in [6, 6.07) is 20.3. The van der Waals surface area contributed by atoms with Crippen LogP contribution in [0, 0.1) is 0 Å². The molecule has 31 heavy (non-hydrogen) atoms. The average Bonchev–Trinajstić information content (AvgIpc) is 2.86. The number of aromatic nitrogens is 2. The van der Waals surface area contributed by atoms with Crippen molar-refractivity contribution < 1.29 is 4.74 Å². The Morgan fingerprint density at radius 1 is 0.935 bits per heavy atom. The van der Waals surface area contributed by atoms with E-state index in [2.05, 4.69) is 48.3 Å². The van der Waals surface area contributed by atoms with Gasteiger partial charge in [-0.1, -0.05) is 48.5 Å². The maximum atomic E-state index is 6.09. The summed E-state index contributed by atoms with van der Waals surface area (Å²) in [5, 5.41) is 3.42. The van der Waals surface area contributed by atoms with Crippen LogP contribution >= 0.6 is 0 Å². The molecule has 0 spiro atoms. The third kappa shape index (κ3) is 5.31. The van der Waals surface area contributed by atoms with Crippen LogP contribution < -0.4 is 15.0 Å². The molecule has 0 unspecified atom stereocenters. The second kappa shape index (κ2) is 10.4. The Hall–Kier alpha value is -3.61. The topological polar surface area (TPSA) is 65.9 Å². The smallest absolute Gasteiger partial charge is 0.225 e. The van der Waals surface area contributed by atoms with Gasteiger partial charge < -0.3 is 19.9 Å². The molecule has 0 amide bonds. The van der Waals surface area contributed by atoms with Gasteiger partial charge in [0.15, 0.2) is 5.96 Å². The minimum atomic E-state index is 0.556. The van der Waals surface area contributed by atoms with Gasteiger partial charge in [-0.15, -0.1) is 0 Å². The molecule has 0 saturated carbocycles. The molecule has 1 N–H and O–H groups in total. The van der Waals surface area contributed by atoms with E-state index in [0.29, 0.717) is 13.2 Å². The van der Waals surface area contributed by atoms with Gasteiger partial charge in [0, 0.05) is 51.2 Å². The number of nitrogens with one attached hydrogen (secondary N) is 1. The molecule has 1 aliphatic heterocycles. The first-order valence-corrected chi connectivity index (χ1v) is 10.6. The van der Waals surface area contributed by atoms with Crippen LogP contribution in [0.15, 0.2) is 78.0 Å². The molecule has 1 aliphatic rings. The fourth-order valence-electron chi connectivity index (χ4n) is 3.68. The van der Waals surface area contributed by atoms with E-state index >= 15 is 0 Å². The second-order valence-corrected chi connectivity index (χ2v) is 7.21. The molecule has 4 rings (SSSR count). The number of rotatable bonds is 6. The molecule has 1 fully saturated rings. The van der Waals surface area contributed by atoms with Gasteiger partial charge in [-0.3, -0.25) is 4.99 Å². The highest BCUT2D eigenvalue weighted by Gasteiger charge is 2.20. The zero-order valence-electron chi connectivity index (χ0n) is 17.8. The molecule has 2 aromatic carbocycles. The monoisotopic (exact) mass is 416 g/mol.